The fourth-order valence-electron chi connectivity index (χ4n) is 2.15. The molecule has 0 spiro atoms. The zero-order valence-electron chi connectivity index (χ0n) is 10.8. The highest BCUT2D eigenvalue weighted by molar-refractivity contribution is 9.10. The van der Waals surface area contributed by atoms with E-state index in [-0.39, 0.29) is 23.7 Å². The van der Waals surface area contributed by atoms with E-state index in [4.69, 9.17) is 4.74 Å². The number of nitrogens with zero attached hydrogens (tertiary/aromatic N) is 1. The summed E-state index contributed by atoms with van der Waals surface area (Å²) in [5.74, 6) is -0.140. The Hall–Kier alpha value is -1.60. The maximum atomic E-state index is 13.4. The predicted octanol–water partition coefficient (Wildman–Crippen LogP) is 3.18. The molecule has 0 atom stereocenters. The van der Waals surface area contributed by atoms with Gasteiger partial charge in [0.15, 0.2) is 0 Å². The first-order valence-corrected chi connectivity index (χ1v) is 8.42. The third kappa shape index (κ3) is 2.63. The fraction of sp³-hybridized carbons (Fsp3) is 0.143. The molecule has 7 heteroatoms. The third-order valence-electron chi connectivity index (χ3n) is 3.14. The van der Waals surface area contributed by atoms with Crippen LogP contribution in [0.2, 0.25) is 0 Å². The average molecular weight is 372 g/mol. The fourth-order valence-corrected chi connectivity index (χ4v) is 3.87. The molecule has 0 saturated heterocycles. The summed E-state index contributed by atoms with van der Waals surface area (Å²) in [6, 6.07) is 10.2. The van der Waals surface area contributed by atoms with Gasteiger partial charge in [0.25, 0.3) is 10.0 Å². The summed E-state index contributed by atoms with van der Waals surface area (Å²) in [5, 5.41) is 0. The van der Waals surface area contributed by atoms with Crippen molar-refractivity contribution in [2.75, 3.05) is 17.5 Å². The molecule has 0 saturated carbocycles. The molecule has 110 valence electrons. The highest BCUT2D eigenvalue weighted by Gasteiger charge is 2.30. The molecule has 4 nitrogen and oxygen atoms in total. The Morgan fingerprint density at radius 1 is 1.14 bits per heavy atom. The second kappa shape index (κ2) is 5.31. The van der Waals surface area contributed by atoms with Crippen LogP contribution in [0.1, 0.15) is 0 Å². The van der Waals surface area contributed by atoms with Gasteiger partial charge in [-0.2, -0.15) is 0 Å². The second-order valence-corrected chi connectivity index (χ2v) is 7.27. The van der Waals surface area contributed by atoms with Crippen LogP contribution >= 0.6 is 15.9 Å². The molecular weight excluding hydrogens is 361 g/mol. The van der Waals surface area contributed by atoms with Gasteiger partial charge in [0.05, 0.1) is 17.1 Å². The van der Waals surface area contributed by atoms with Crippen LogP contribution in [-0.2, 0) is 10.0 Å². The average Bonchev–Trinajstić information content (AvgIpc) is 2.47. The molecule has 3 rings (SSSR count). The van der Waals surface area contributed by atoms with Gasteiger partial charge in [0, 0.05) is 10.5 Å². The van der Waals surface area contributed by atoms with Crippen LogP contribution in [0.25, 0.3) is 0 Å². The minimum absolute atomic E-state index is 0.148. The Labute approximate surface area is 130 Å². The highest BCUT2D eigenvalue weighted by atomic mass is 79.9. The summed E-state index contributed by atoms with van der Waals surface area (Å²) in [6.45, 7) is 0.378. The van der Waals surface area contributed by atoms with E-state index in [1.807, 2.05) is 0 Å². The minimum Gasteiger partial charge on any atom is -0.489 e. The first kappa shape index (κ1) is 14.3. The molecular formula is C14H11BrFNO3S. The molecule has 0 N–H and O–H groups in total. The lowest BCUT2D eigenvalue weighted by Crippen LogP contribution is -2.38. The molecule has 0 fully saturated rings. The lowest BCUT2D eigenvalue weighted by Gasteiger charge is -2.30. The number of benzene rings is 2. The van der Waals surface area contributed by atoms with Crippen molar-refractivity contribution in [3.05, 3.63) is 52.8 Å². The second-order valence-electron chi connectivity index (χ2n) is 4.49. The maximum absolute atomic E-state index is 13.4. The van der Waals surface area contributed by atoms with Gasteiger partial charge in [0.2, 0.25) is 0 Å². The molecule has 0 bridgehead atoms. The molecule has 0 aliphatic carbocycles. The number of hydrogen-bond donors (Lipinski definition) is 0. The van der Waals surface area contributed by atoms with Crippen molar-refractivity contribution in [2.45, 2.75) is 4.90 Å². The van der Waals surface area contributed by atoms with E-state index < -0.39 is 15.8 Å². The summed E-state index contributed by atoms with van der Waals surface area (Å²) >= 11 is 3.27. The summed E-state index contributed by atoms with van der Waals surface area (Å²) < 4.78 is 46.2. The van der Waals surface area contributed by atoms with Gasteiger partial charge in [-0.25, -0.2) is 12.8 Å². The quantitative estimate of drug-likeness (QED) is 0.814. The van der Waals surface area contributed by atoms with E-state index in [0.29, 0.717) is 5.75 Å². The standard InChI is InChI=1S/C14H11BrFNO3S/c15-10-1-4-12(5-2-10)21(18,19)17-7-8-20-14-6-3-11(16)9-13(14)17/h1-6,9H,7-8H2. The van der Waals surface area contributed by atoms with E-state index >= 15 is 0 Å². The van der Waals surface area contributed by atoms with Crippen molar-refractivity contribution in [3.8, 4) is 5.75 Å². The molecule has 1 aliphatic rings. The van der Waals surface area contributed by atoms with Crippen LogP contribution in [0.5, 0.6) is 5.75 Å². The number of rotatable bonds is 2. The van der Waals surface area contributed by atoms with Crippen LogP contribution in [0.4, 0.5) is 10.1 Å². The molecule has 0 radical (unpaired) electrons. The summed E-state index contributed by atoms with van der Waals surface area (Å²) in [6.07, 6.45) is 0. The number of fused-ring (bicyclic) bond motifs is 1. The number of sulfonamides is 1. The molecule has 0 unspecified atom stereocenters. The third-order valence-corrected chi connectivity index (χ3v) is 5.50. The lowest BCUT2D eigenvalue weighted by molar-refractivity contribution is 0.315. The summed E-state index contributed by atoms with van der Waals surface area (Å²) in [7, 11) is -3.74. The molecule has 2 aromatic carbocycles. The molecule has 2 aromatic rings. The number of ether oxygens (including phenoxy) is 1. The minimum atomic E-state index is -3.74. The zero-order valence-corrected chi connectivity index (χ0v) is 13.2. The topological polar surface area (TPSA) is 46.6 Å². The van der Waals surface area contributed by atoms with Gasteiger partial charge in [-0.15, -0.1) is 0 Å². The van der Waals surface area contributed by atoms with E-state index in [1.54, 1.807) is 12.1 Å². The smallest absolute Gasteiger partial charge is 0.264 e. The molecule has 21 heavy (non-hydrogen) atoms. The molecule has 0 aromatic heterocycles. The van der Waals surface area contributed by atoms with E-state index in [2.05, 4.69) is 15.9 Å². The van der Waals surface area contributed by atoms with Gasteiger partial charge in [-0.1, -0.05) is 15.9 Å². The molecule has 0 amide bonds. The summed E-state index contributed by atoms with van der Waals surface area (Å²) in [4.78, 5) is 0.155. The van der Waals surface area contributed by atoms with Crippen molar-refractivity contribution in [3.63, 3.8) is 0 Å². The largest absolute Gasteiger partial charge is 0.489 e. The van der Waals surface area contributed by atoms with Crippen LogP contribution in [-0.4, -0.2) is 21.6 Å². The van der Waals surface area contributed by atoms with Crippen molar-refractivity contribution < 1.29 is 17.5 Å². The SMILES string of the molecule is O=S(=O)(c1ccc(Br)cc1)N1CCOc2ccc(F)cc21. The normalized spacial score (nSPS) is 14.5. The number of halogens is 2. The predicted molar refractivity (Wildman–Crippen MR) is 80.6 cm³/mol. The summed E-state index contributed by atoms with van der Waals surface area (Å²) in [5.41, 5.74) is 0.226. The Bertz CT molecular complexity index is 777. The van der Waals surface area contributed by atoms with Crippen LogP contribution in [0, 0.1) is 5.82 Å². The van der Waals surface area contributed by atoms with Crippen molar-refractivity contribution >= 4 is 31.6 Å². The first-order chi connectivity index (χ1) is 9.98. The molecule has 1 heterocycles. The van der Waals surface area contributed by atoms with Gasteiger partial charge < -0.3 is 4.74 Å². The lowest BCUT2D eigenvalue weighted by atomic mass is 10.2. The Kier molecular flexibility index (Phi) is 3.62. The van der Waals surface area contributed by atoms with Crippen LogP contribution in [0.15, 0.2) is 51.8 Å². The van der Waals surface area contributed by atoms with Crippen molar-refractivity contribution in [1.82, 2.24) is 0 Å². The first-order valence-electron chi connectivity index (χ1n) is 6.19. The number of hydrogen-bond acceptors (Lipinski definition) is 3. The van der Waals surface area contributed by atoms with Crippen LogP contribution in [0.3, 0.4) is 0 Å². The Balaban J connectivity index is 2.09. The van der Waals surface area contributed by atoms with Gasteiger partial charge >= 0.3 is 0 Å². The van der Waals surface area contributed by atoms with E-state index in [1.165, 1.54) is 34.6 Å². The number of anilines is 1. The van der Waals surface area contributed by atoms with Gasteiger partial charge in [-0.3, -0.25) is 4.31 Å². The monoisotopic (exact) mass is 371 g/mol. The van der Waals surface area contributed by atoms with Gasteiger partial charge in [-0.05, 0) is 36.4 Å². The van der Waals surface area contributed by atoms with E-state index in [0.717, 1.165) is 4.47 Å². The zero-order chi connectivity index (χ0) is 15.0. The molecule has 1 aliphatic heterocycles. The van der Waals surface area contributed by atoms with Gasteiger partial charge in [0.1, 0.15) is 18.2 Å². The Morgan fingerprint density at radius 3 is 2.57 bits per heavy atom. The Morgan fingerprint density at radius 2 is 1.86 bits per heavy atom. The van der Waals surface area contributed by atoms with Crippen molar-refractivity contribution in [1.29, 1.82) is 0 Å². The van der Waals surface area contributed by atoms with Crippen molar-refractivity contribution in [2.24, 2.45) is 0 Å². The highest BCUT2D eigenvalue weighted by Crippen LogP contribution is 2.35. The van der Waals surface area contributed by atoms with Crippen LogP contribution < -0.4 is 9.04 Å². The van der Waals surface area contributed by atoms with E-state index in [9.17, 15) is 12.8 Å². The maximum Gasteiger partial charge on any atom is 0.264 e.